The molecule has 0 bridgehead atoms. The zero-order valence-electron chi connectivity index (χ0n) is 14.2. The number of carbonyl (C=O) groups is 5. The number of hydrogen-bond acceptors (Lipinski definition) is 7. The topological polar surface area (TPSA) is 177 Å². The fourth-order valence-electron chi connectivity index (χ4n) is 2.12. The molecule has 0 atom stereocenters. The van der Waals surface area contributed by atoms with Gasteiger partial charge in [0.25, 0.3) is 11.7 Å². The Morgan fingerprint density at radius 2 is 1.71 bits per heavy atom. The molecule has 0 radical (unpaired) electrons. The van der Waals surface area contributed by atoms with Crippen molar-refractivity contribution in [1.29, 1.82) is 0 Å². The molecule has 1 aromatic rings. The molecule has 1 aliphatic rings. The number of hydrazine groups is 1. The monoisotopic (exact) mass is 413 g/mol. The first-order chi connectivity index (χ1) is 13.2. The highest BCUT2D eigenvalue weighted by Crippen LogP contribution is 2.35. The molecule has 12 nitrogen and oxygen atoms in total. The Morgan fingerprint density at radius 1 is 1.07 bits per heavy atom. The minimum absolute atomic E-state index is 0.175. The summed E-state index contributed by atoms with van der Waals surface area (Å²) in [7, 11) is 0. The van der Waals surface area contributed by atoms with E-state index in [1.807, 2.05) is 0 Å². The molecule has 150 valence electrons. The Hall–Kier alpha value is -3.54. The summed E-state index contributed by atoms with van der Waals surface area (Å²) in [6.45, 7) is 0.191. The highest BCUT2D eigenvalue weighted by molar-refractivity contribution is 6.47. The third-order valence-corrected chi connectivity index (χ3v) is 3.92. The number of Topliss-reactive ketones (excluding diaryl/α,β-unsaturated/α-hetero) is 1. The molecule has 1 saturated heterocycles. The summed E-state index contributed by atoms with van der Waals surface area (Å²) < 4.78 is 0. The molecule has 0 aliphatic carbocycles. The molecule has 2 rings (SSSR count). The van der Waals surface area contributed by atoms with Gasteiger partial charge in [0.15, 0.2) is 11.5 Å². The fourth-order valence-corrected chi connectivity index (χ4v) is 2.36. The number of urea groups is 1. The van der Waals surface area contributed by atoms with Crippen LogP contribution in [-0.4, -0.2) is 70.9 Å². The Morgan fingerprint density at radius 3 is 2.32 bits per heavy atom. The normalized spacial score (nSPS) is 12.9. The number of nitrogens with zero attached hydrogens (tertiary/aromatic N) is 1. The first kappa shape index (κ1) is 20.8. The van der Waals surface area contributed by atoms with Gasteiger partial charge in [-0.25, -0.2) is 9.80 Å². The third kappa shape index (κ3) is 4.79. The van der Waals surface area contributed by atoms with Gasteiger partial charge in [0, 0.05) is 19.6 Å². The van der Waals surface area contributed by atoms with Gasteiger partial charge in [-0.05, 0) is 12.1 Å². The average molecular weight is 414 g/mol. The smallest absolute Gasteiger partial charge is 0.336 e. The Balaban J connectivity index is 1.76. The number of benzene rings is 1. The van der Waals surface area contributed by atoms with Crippen LogP contribution in [0.15, 0.2) is 12.1 Å². The summed E-state index contributed by atoms with van der Waals surface area (Å²) in [5.41, 5.74) is 1.79. The lowest BCUT2D eigenvalue weighted by atomic mass is 10.1. The second-order valence-corrected chi connectivity index (χ2v) is 5.84. The van der Waals surface area contributed by atoms with Crippen molar-refractivity contribution >= 4 is 41.1 Å². The molecule has 1 aromatic carbocycles. The van der Waals surface area contributed by atoms with Crippen LogP contribution < -0.4 is 21.4 Å². The van der Waals surface area contributed by atoms with Crippen molar-refractivity contribution in [2.45, 2.75) is 0 Å². The van der Waals surface area contributed by atoms with E-state index in [0.717, 1.165) is 17.1 Å². The van der Waals surface area contributed by atoms with Crippen LogP contribution in [0.25, 0.3) is 0 Å². The number of halogens is 1. The summed E-state index contributed by atoms with van der Waals surface area (Å²) in [6, 6.07) is 1.53. The molecular formula is C15H16ClN5O7. The van der Waals surface area contributed by atoms with Crippen molar-refractivity contribution in [1.82, 2.24) is 26.4 Å². The maximum atomic E-state index is 12.0. The molecule has 5 amide bonds. The van der Waals surface area contributed by atoms with Crippen molar-refractivity contribution in [2.24, 2.45) is 0 Å². The molecule has 0 unspecified atom stereocenters. The van der Waals surface area contributed by atoms with E-state index in [4.69, 9.17) is 11.6 Å². The molecule has 28 heavy (non-hydrogen) atoms. The van der Waals surface area contributed by atoms with Gasteiger partial charge in [0.05, 0.1) is 17.1 Å². The molecule has 0 aromatic heterocycles. The van der Waals surface area contributed by atoms with Gasteiger partial charge in [0.1, 0.15) is 0 Å². The van der Waals surface area contributed by atoms with Crippen LogP contribution in [0.1, 0.15) is 10.4 Å². The van der Waals surface area contributed by atoms with Crippen LogP contribution in [-0.2, 0) is 14.4 Å². The van der Waals surface area contributed by atoms with Crippen LogP contribution in [0.2, 0.25) is 5.02 Å². The molecular weight excluding hydrogens is 398 g/mol. The van der Waals surface area contributed by atoms with E-state index < -0.39 is 46.1 Å². The predicted molar refractivity (Wildman–Crippen MR) is 93.4 cm³/mol. The van der Waals surface area contributed by atoms with Gasteiger partial charge >= 0.3 is 17.8 Å². The lowest BCUT2D eigenvalue weighted by Gasteiger charge is -2.14. The number of hydrogen-bond donors (Lipinski definition) is 6. The number of ketones is 1. The Labute approximate surface area is 162 Å². The van der Waals surface area contributed by atoms with E-state index in [1.165, 1.54) is 0 Å². The quantitative estimate of drug-likeness (QED) is 0.138. The summed E-state index contributed by atoms with van der Waals surface area (Å²) in [5, 5.41) is 26.1. The Bertz CT molecular complexity index is 844. The fraction of sp³-hybridized carbons (Fsp3) is 0.267. The standard InChI is InChI=1S/C15H16ClN5O7/c16-9-7(1-2-8(22)11(9)24)10(23)12(25)17-3-4-18-13(26)14(27)20-21-6-5-19-15(21)28/h1-2,22,24H,3-6H2,(H,17,25)(H,18,26)(H,19,28)(H,20,27). The van der Waals surface area contributed by atoms with E-state index in [0.29, 0.717) is 6.54 Å². The molecule has 1 fully saturated rings. The van der Waals surface area contributed by atoms with E-state index in [1.54, 1.807) is 0 Å². The van der Waals surface area contributed by atoms with Crippen LogP contribution in [0.4, 0.5) is 4.79 Å². The third-order valence-electron chi connectivity index (χ3n) is 3.54. The molecule has 1 heterocycles. The maximum absolute atomic E-state index is 12.0. The van der Waals surface area contributed by atoms with Gasteiger partial charge < -0.3 is 26.2 Å². The first-order valence-corrected chi connectivity index (χ1v) is 8.27. The van der Waals surface area contributed by atoms with Crippen molar-refractivity contribution in [2.75, 3.05) is 26.2 Å². The van der Waals surface area contributed by atoms with Gasteiger partial charge in [-0.2, -0.15) is 0 Å². The number of phenols is 2. The second kappa shape index (κ2) is 8.90. The zero-order chi connectivity index (χ0) is 20.8. The van der Waals surface area contributed by atoms with Gasteiger partial charge in [-0.15, -0.1) is 0 Å². The summed E-state index contributed by atoms with van der Waals surface area (Å²) in [4.78, 5) is 58.3. The number of amides is 5. The first-order valence-electron chi connectivity index (χ1n) is 7.89. The van der Waals surface area contributed by atoms with Gasteiger partial charge in [-0.3, -0.25) is 24.6 Å². The van der Waals surface area contributed by atoms with E-state index >= 15 is 0 Å². The maximum Gasteiger partial charge on any atom is 0.336 e. The van der Waals surface area contributed by atoms with Gasteiger partial charge in [-0.1, -0.05) is 11.6 Å². The molecule has 0 spiro atoms. The summed E-state index contributed by atoms with van der Waals surface area (Å²) in [5.74, 6) is -5.51. The number of carbonyl (C=O) groups excluding carboxylic acids is 5. The lowest BCUT2D eigenvalue weighted by Crippen LogP contribution is -2.50. The summed E-state index contributed by atoms with van der Waals surface area (Å²) in [6.07, 6.45) is 0. The van der Waals surface area contributed by atoms with Crippen molar-refractivity contribution < 1.29 is 34.2 Å². The second-order valence-electron chi connectivity index (χ2n) is 5.46. The highest BCUT2D eigenvalue weighted by atomic mass is 35.5. The van der Waals surface area contributed by atoms with Gasteiger partial charge in [0.2, 0.25) is 0 Å². The number of phenolic OH excluding ortho intramolecular Hbond substituents is 2. The summed E-state index contributed by atoms with van der Waals surface area (Å²) >= 11 is 5.71. The predicted octanol–water partition coefficient (Wildman–Crippen LogP) is -1.78. The Kier molecular flexibility index (Phi) is 6.60. The molecule has 6 N–H and O–H groups in total. The molecule has 13 heteroatoms. The van der Waals surface area contributed by atoms with Crippen LogP contribution in [0.3, 0.4) is 0 Å². The highest BCUT2D eigenvalue weighted by Gasteiger charge is 2.25. The minimum Gasteiger partial charge on any atom is -0.504 e. The lowest BCUT2D eigenvalue weighted by molar-refractivity contribution is -0.141. The number of aromatic hydroxyl groups is 2. The molecule has 0 saturated carbocycles. The zero-order valence-corrected chi connectivity index (χ0v) is 15.0. The van der Waals surface area contributed by atoms with Crippen LogP contribution in [0, 0.1) is 0 Å². The van der Waals surface area contributed by atoms with Crippen LogP contribution in [0.5, 0.6) is 11.5 Å². The van der Waals surface area contributed by atoms with E-state index in [9.17, 15) is 34.2 Å². The number of nitrogens with one attached hydrogen (secondary N) is 4. The average Bonchev–Trinajstić information content (AvgIpc) is 3.07. The SMILES string of the molecule is O=C(NCCNC(=O)C(=O)c1ccc(O)c(O)c1Cl)C(=O)NN1CCNC1=O. The van der Waals surface area contributed by atoms with Crippen molar-refractivity contribution in [3.8, 4) is 11.5 Å². The van der Waals surface area contributed by atoms with E-state index in [-0.39, 0.29) is 25.2 Å². The largest absolute Gasteiger partial charge is 0.504 e. The van der Waals surface area contributed by atoms with Crippen molar-refractivity contribution in [3.63, 3.8) is 0 Å². The van der Waals surface area contributed by atoms with Crippen molar-refractivity contribution in [3.05, 3.63) is 22.7 Å². The minimum atomic E-state index is -1.07. The molecule has 1 aliphatic heterocycles. The van der Waals surface area contributed by atoms with Crippen LogP contribution >= 0.6 is 11.6 Å². The number of rotatable bonds is 6. The van der Waals surface area contributed by atoms with E-state index in [2.05, 4.69) is 21.4 Å².